The molecule has 0 aromatic heterocycles. The Morgan fingerprint density at radius 2 is 2.12 bits per heavy atom. The first-order chi connectivity index (χ1) is 8.20. The van der Waals surface area contributed by atoms with Crippen LogP contribution < -0.4 is 0 Å². The molecule has 0 aliphatic carbocycles. The molecule has 5 nitrogen and oxygen atoms in total. The molecule has 0 bridgehead atoms. The number of likely N-dealkylation sites (tertiary alicyclic amines) is 1. The lowest BCUT2D eigenvalue weighted by Crippen LogP contribution is -2.48. The fourth-order valence-electron chi connectivity index (χ4n) is 2.05. The van der Waals surface area contributed by atoms with E-state index in [1.165, 1.54) is 0 Å². The van der Waals surface area contributed by atoms with E-state index in [-0.39, 0.29) is 11.9 Å². The maximum absolute atomic E-state index is 11.9. The number of carbonyl (C=O) groups excluding carboxylic acids is 2. The van der Waals surface area contributed by atoms with E-state index in [2.05, 4.69) is 0 Å². The molecule has 1 aliphatic heterocycles. The first-order valence-corrected chi connectivity index (χ1v) is 6.15. The molecule has 98 valence electrons. The highest BCUT2D eigenvalue weighted by atomic mass is 16.5. The molecule has 0 aromatic rings. The van der Waals surface area contributed by atoms with Gasteiger partial charge in [-0.15, -0.1) is 0 Å². The second-order valence-corrected chi connectivity index (χ2v) is 4.09. The fraction of sp³-hybridized carbons (Fsp3) is 0.833. The summed E-state index contributed by atoms with van der Waals surface area (Å²) < 4.78 is 9.89. The molecule has 0 radical (unpaired) electrons. The SMILES string of the molecule is CCOC(=O)C1CCCCN1C(=O)CCOC. The Balaban J connectivity index is 2.58. The van der Waals surface area contributed by atoms with Crippen molar-refractivity contribution in [2.24, 2.45) is 0 Å². The molecule has 1 saturated heterocycles. The number of ether oxygens (including phenoxy) is 2. The van der Waals surface area contributed by atoms with Gasteiger partial charge in [0.1, 0.15) is 6.04 Å². The minimum absolute atomic E-state index is 0.0235. The minimum Gasteiger partial charge on any atom is -0.464 e. The van der Waals surface area contributed by atoms with Gasteiger partial charge in [-0.2, -0.15) is 0 Å². The van der Waals surface area contributed by atoms with Crippen molar-refractivity contribution < 1.29 is 19.1 Å². The molecule has 1 heterocycles. The lowest BCUT2D eigenvalue weighted by atomic mass is 10.0. The Labute approximate surface area is 102 Å². The molecule has 0 spiro atoms. The standard InChI is InChI=1S/C12H21NO4/c1-3-17-12(15)10-6-4-5-8-13(10)11(14)7-9-16-2/h10H,3-9H2,1-2H3. The second kappa shape index (κ2) is 7.27. The molecule has 0 N–H and O–H groups in total. The van der Waals surface area contributed by atoms with Crippen LogP contribution in [0.15, 0.2) is 0 Å². The van der Waals surface area contributed by atoms with Gasteiger partial charge in [0.25, 0.3) is 0 Å². The molecule has 1 amide bonds. The fourth-order valence-corrected chi connectivity index (χ4v) is 2.05. The highest BCUT2D eigenvalue weighted by Crippen LogP contribution is 2.19. The van der Waals surface area contributed by atoms with Gasteiger partial charge in [-0.25, -0.2) is 4.79 Å². The molecule has 1 atom stereocenters. The van der Waals surface area contributed by atoms with Gasteiger partial charge in [0, 0.05) is 13.7 Å². The second-order valence-electron chi connectivity index (χ2n) is 4.09. The van der Waals surface area contributed by atoms with Crippen LogP contribution in [0.5, 0.6) is 0 Å². The van der Waals surface area contributed by atoms with Gasteiger partial charge in [-0.05, 0) is 26.2 Å². The molecular formula is C12H21NO4. The van der Waals surface area contributed by atoms with E-state index in [1.54, 1.807) is 18.9 Å². The number of piperidine rings is 1. The highest BCUT2D eigenvalue weighted by molar-refractivity contribution is 5.84. The summed E-state index contributed by atoms with van der Waals surface area (Å²) in [6, 6.07) is -0.395. The van der Waals surface area contributed by atoms with Crippen LogP contribution in [0.4, 0.5) is 0 Å². The monoisotopic (exact) mass is 243 g/mol. The van der Waals surface area contributed by atoms with E-state index in [9.17, 15) is 9.59 Å². The van der Waals surface area contributed by atoms with E-state index < -0.39 is 6.04 Å². The summed E-state index contributed by atoms with van der Waals surface area (Å²) in [6.07, 6.45) is 2.95. The third kappa shape index (κ3) is 4.00. The minimum atomic E-state index is -0.395. The predicted molar refractivity (Wildman–Crippen MR) is 62.5 cm³/mol. The highest BCUT2D eigenvalue weighted by Gasteiger charge is 2.32. The molecule has 1 aliphatic rings. The van der Waals surface area contributed by atoms with Crippen molar-refractivity contribution in [1.29, 1.82) is 0 Å². The molecule has 0 saturated carbocycles. The zero-order chi connectivity index (χ0) is 12.7. The van der Waals surface area contributed by atoms with Crippen molar-refractivity contribution in [3.8, 4) is 0 Å². The van der Waals surface area contributed by atoms with Crippen LogP contribution >= 0.6 is 0 Å². The first-order valence-electron chi connectivity index (χ1n) is 6.15. The van der Waals surface area contributed by atoms with Crippen molar-refractivity contribution in [2.45, 2.75) is 38.6 Å². The van der Waals surface area contributed by atoms with E-state index in [0.717, 1.165) is 12.8 Å². The number of hydrogen-bond acceptors (Lipinski definition) is 4. The van der Waals surface area contributed by atoms with Crippen molar-refractivity contribution >= 4 is 11.9 Å². The number of carbonyl (C=O) groups is 2. The van der Waals surface area contributed by atoms with Gasteiger partial charge in [-0.1, -0.05) is 0 Å². The van der Waals surface area contributed by atoms with Crippen LogP contribution in [0.3, 0.4) is 0 Å². The maximum atomic E-state index is 11.9. The smallest absolute Gasteiger partial charge is 0.328 e. The van der Waals surface area contributed by atoms with Crippen LogP contribution in [0, 0.1) is 0 Å². The Hall–Kier alpha value is -1.10. The van der Waals surface area contributed by atoms with E-state index in [0.29, 0.717) is 32.6 Å². The third-order valence-electron chi connectivity index (χ3n) is 2.90. The molecule has 1 fully saturated rings. The van der Waals surface area contributed by atoms with Gasteiger partial charge in [0.2, 0.25) is 5.91 Å². The topological polar surface area (TPSA) is 55.8 Å². The van der Waals surface area contributed by atoms with Gasteiger partial charge in [0.15, 0.2) is 0 Å². The van der Waals surface area contributed by atoms with E-state index in [4.69, 9.17) is 9.47 Å². The number of nitrogens with zero attached hydrogens (tertiary/aromatic N) is 1. The summed E-state index contributed by atoms with van der Waals surface area (Å²) >= 11 is 0. The predicted octanol–water partition coefficient (Wildman–Crippen LogP) is 0.967. The van der Waals surface area contributed by atoms with Gasteiger partial charge in [0.05, 0.1) is 19.6 Å². The summed E-state index contributed by atoms with van der Waals surface area (Å²) in [7, 11) is 1.56. The van der Waals surface area contributed by atoms with Crippen LogP contribution in [0.25, 0.3) is 0 Å². The Bertz CT molecular complexity index is 267. The number of methoxy groups -OCH3 is 1. The average molecular weight is 243 g/mol. The molecule has 1 unspecified atom stereocenters. The van der Waals surface area contributed by atoms with Crippen LogP contribution in [-0.4, -0.2) is 49.7 Å². The summed E-state index contributed by atoms with van der Waals surface area (Å²) in [5.41, 5.74) is 0. The normalized spacial score (nSPS) is 20.1. The number of rotatable bonds is 5. The van der Waals surface area contributed by atoms with E-state index >= 15 is 0 Å². The largest absolute Gasteiger partial charge is 0.464 e. The van der Waals surface area contributed by atoms with Crippen molar-refractivity contribution in [3.63, 3.8) is 0 Å². The van der Waals surface area contributed by atoms with Crippen molar-refractivity contribution in [3.05, 3.63) is 0 Å². The van der Waals surface area contributed by atoms with Crippen molar-refractivity contribution in [2.75, 3.05) is 26.9 Å². The van der Waals surface area contributed by atoms with E-state index in [1.807, 2.05) is 0 Å². The van der Waals surface area contributed by atoms with Gasteiger partial charge in [-0.3, -0.25) is 4.79 Å². The van der Waals surface area contributed by atoms with Crippen LogP contribution in [0.1, 0.15) is 32.6 Å². The summed E-state index contributed by atoms with van der Waals surface area (Å²) in [5, 5.41) is 0. The molecular weight excluding hydrogens is 222 g/mol. The van der Waals surface area contributed by atoms with Crippen LogP contribution in [-0.2, 0) is 19.1 Å². The summed E-state index contributed by atoms with van der Waals surface area (Å²) in [6.45, 7) is 3.17. The Kier molecular flexibility index (Phi) is 5.97. The quantitative estimate of drug-likeness (QED) is 0.675. The average Bonchev–Trinajstić information content (AvgIpc) is 2.36. The summed E-state index contributed by atoms with van der Waals surface area (Å²) in [4.78, 5) is 25.3. The Morgan fingerprint density at radius 1 is 1.35 bits per heavy atom. The summed E-state index contributed by atoms with van der Waals surface area (Å²) in [5.74, 6) is -0.303. The number of amides is 1. The molecule has 1 rings (SSSR count). The zero-order valence-corrected chi connectivity index (χ0v) is 10.6. The third-order valence-corrected chi connectivity index (χ3v) is 2.90. The van der Waals surface area contributed by atoms with Gasteiger partial charge < -0.3 is 14.4 Å². The molecule has 0 aromatic carbocycles. The molecule has 17 heavy (non-hydrogen) atoms. The molecule has 5 heteroatoms. The Morgan fingerprint density at radius 3 is 2.76 bits per heavy atom. The maximum Gasteiger partial charge on any atom is 0.328 e. The first kappa shape index (κ1) is 14.0. The zero-order valence-electron chi connectivity index (χ0n) is 10.6. The van der Waals surface area contributed by atoms with Gasteiger partial charge >= 0.3 is 5.97 Å². The van der Waals surface area contributed by atoms with Crippen molar-refractivity contribution in [1.82, 2.24) is 4.90 Å². The number of hydrogen-bond donors (Lipinski definition) is 0. The number of esters is 1. The van der Waals surface area contributed by atoms with Crippen LogP contribution in [0.2, 0.25) is 0 Å². The lowest BCUT2D eigenvalue weighted by Gasteiger charge is -2.34. The lowest BCUT2D eigenvalue weighted by molar-refractivity contribution is -0.156.